The second-order valence-electron chi connectivity index (χ2n) is 1.73. The number of anilines is 1. The van der Waals surface area contributed by atoms with Gasteiger partial charge in [0.25, 0.3) is 0 Å². The largest absolute Gasteiger partial charge is 0.477 e. The first kappa shape index (κ1) is 9.02. The molecule has 3 N–H and O–H groups in total. The molecule has 0 bridgehead atoms. The number of aromatic carboxylic acids is 1. The van der Waals surface area contributed by atoms with Crippen LogP contribution in [0.25, 0.3) is 0 Å². The number of thiophene rings is 1. The predicted molar refractivity (Wildman–Crippen MR) is 51.1 cm³/mol. The van der Waals surface area contributed by atoms with Crippen molar-refractivity contribution in [3.05, 3.63) is 13.8 Å². The number of rotatable bonds is 1. The van der Waals surface area contributed by atoms with Crippen molar-refractivity contribution in [2.45, 2.75) is 0 Å². The Bertz CT molecular complexity index is 310. The summed E-state index contributed by atoms with van der Waals surface area (Å²) in [5, 5.41) is 9.07. The third kappa shape index (κ3) is 1.57. The lowest BCUT2D eigenvalue weighted by Gasteiger charge is -1.86. The van der Waals surface area contributed by atoms with Crippen LogP contribution >= 0.6 is 43.2 Å². The highest BCUT2D eigenvalue weighted by Gasteiger charge is 2.16. The Kier molecular flexibility index (Phi) is 2.56. The molecule has 60 valence electrons. The van der Waals surface area contributed by atoms with Gasteiger partial charge in [-0.15, -0.1) is 11.3 Å². The molecule has 0 atom stereocenters. The molecule has 6 heteroatoms. The molecule has 11 heavy (non-hydrogen) atoms. The molecule has 0 radical (unpaired) electrons. The highest BCUT2D eigenvalue weighted by molar-refractivity contribution is 9.13. The molecule has 3 nitrogen and oxygen atoms in total. The Balaban J connectivity index is 3.29. The highest BCUT2D eigenvalue weighted by Crippen LogP contribution is 2.39. The van der Waals surface area contributed by atoms with Crippen molar-refractivity contribution in [3.63, 3.8) is 0 Å². The first-order chi connectivity index (χ1) is 5.04. The molecule has 0 aromatic carbocycles. The SMILES string of the molecule is Nc1sc(C(=O)O)c(Br)c1Br. The maximum absolute atomic E-state index is 10.5. The zero-order valence-corrected chi connectivity index (χ0v) is 9.09. The van der Waals surface area contributed by atoms with Crippen LogP contribution in [0.2, 0.25) is 0 Å². The van der Waals surface area contributed by atoms with Gasteiger partial charge in [-0.2, -0.15) is 0 Å². The standard InChI is InChI=1S/C5H3Br2NO2S/c6-1-2(7)4(8)11-3(1)5(9)10/h8H2,(H,9,10). The van der Waals surface area contributed by atoms with Gasteiger partial charge in [0.05, 0.1) is 8.95 Å². The van der Waals surface area contributed by atoms with Gasteiger partial charge in [-0.1, -0.05) is 0 Å². The Morgan fingerprint density at radius 1 is 1.45 bits per heavy atom. The normalized spacial score (nSPS) is 10.0. The van der Waals surface area contributed by atoms with E-state index in [0.717, 1.165) is 11.3 Å². The molecule has 1 rings (SSSR count). The van der Waals surface area contributed by atoms with E-state index < -0.39 is 5.97 Å². The molecular formula is C5H3Br2NO2S. The molecule has 0 saturated carbocycles. The third-order valence-corrected chi connectivity index (χ3v) is 4.70. The van der Waals surface area contributed by atoms with E-state index in [2.05, 4.69) is 31.9 Å². The maximum atomic E-state index is 10.5. The van der Waals surface area contributed by atoms with Crippen LogP contribution in [-0.2, 0) is 0 Å². The monoisotopic (exact) mass is 299 g/mol. The average Bonchev–Trinajstić information content (AvgIpc) is 2.17. The third-order valence-electron chi connectivity index (χ3n) is 1.01. The Labute approximate surface area is 83.5 Å². The second-order valence-corrected chi connectivity index (χ2v) is 4.37. The van der Waals surface area contributed by atoms with E-state index >= 15 is 0 Å². The lowest BCUT2D eigenvalue weighted by atomic mass is 10.5. The fourth-order valence-corrected chi connectivity index (χ4v) is 2.56. The molecule has 0 aliphatic heterocycles. The first-order valence-electron chi connectivity index (χ1n) is 2.50. The van der Waals surface area contributed by atoms with Gasteiger partial charge in [-0.3, -0.25) is 0 Å². The smallest absolute Gasteiger partial charge is 0.347 e. The summed E-state index contributed by atoms with van der Waals surface area (Å²) in [6.07, 6.45) is 0. The Morgan fingerprint density at radius 3 is 2.18 bits per heavy atom. The fraction of sp³-hybridized carbons (Fsp3) is 0. The quantitative estimate of drug-likeness (QED) is 0.838. The maximum Gasteiger partial charge on any atom is 0.347 e. The molecule has 1 aromatic rings. The summed E-state index contributed by atoms with van der Waals surface area (Å²) >= 11 is 7.28. The zero-order chi connectivity index (χ0) is 8.59. The number of nitrogens with two attached hydrogens (primary N) is 1. The van der Waals surface area contributed by atoms with Crippen molar-refractivity contribution in [2.75, 3.05) is 5.73 Å². The number of nitrogen functional groups attached to an aromatic ring is 1. The summed E-state index contributed by atoms with van der Waals surface area (Å²) in [7, 11) is 0. The highest BCUT2D eigenvalue weighted by atomic mass is 79.9. The van der Waals surface area contributed by atoms with Gasteiger partial charge in [-0.25, -0.2) is 4.79 Å². The van der Waals surface area contributed by atoms with Crippen LogP contribution in [-0.4, -0.2) is 11.1 Å². The number of hydrogen-bond acceptors (Lipinski definition) is 3. The van der Waals surface area contributed by atoms with Crippen molar-refractivity contribution in [1.82, 2.24) is 0 Å². The van der Waals surface area contributed by atoms with Gasteiger partial charge >= 0.3 is 5.97 Å². The summed E-state index contributed by atoms with van der Waals surface area (Å²) in [4.78, 5) is 10.7. The van der Waals surface area contributed by atoms with E-state index in [9.17, 15) is 4.79 Å². The topological polar surface area (TPSA) is 63.3 Å². The molecule has 0 saturated heterocycles. The summed E-state index contributed by atoms with van der Waals surface area (Å²) in [6, 6.07) is 0. The summed E-state index contributed by atoms with van der Waals surface area (Å²) < 4.78 is 1.12. The van der Waals surface area contributed by atoms with E-state index in [4.69, 9.17) is 10.8 Å². The summed E-state index contributed by atoms with van der Waals surface area (Å²) in [5.41, 5.74) is 5.46. The number of carbonyl (C=O) groups is 1. The molecule has 1 heterocycles. The van der Waals surface area contributed by atoms with Crippen molar-refractivity contribution < 1.29 is 9.90 Å². The average molecular weight is 301 g/mol. The Hall–Kier alpha value is -0.0700. The Morgan fingerprint density at radius 2 is 2.00 bits per heavy atom. The molecule has 0 unspecified atom stereocenters. The molecule has 0 spiro atoms. The molecular weight excluding hydrogens is 298 g/mol. The van der Waals surface area contributed by atoms with Gasteiger partial charge in [0.1, 0.15) is 9.88 Å². The van der Waals surface area contributed by atoms with E-state index in [1.54, 1.807) is 0 Å². The van der Waals surface area contributed by atoms with Gasteiger partial charge in [0.15, 0.2) is 0 Å². The van der Waals surface area contributed by atoms with Crippen LogP contribution in [0, 0.1) is 0 Å². The minimum absolute atomic E-state index is 0.217. The fourth-order valence-electron chi connectivity index (χ4n) is 0.545. The summed E-state index contributed by atoms with van der Waals surface area (Å²) in [6.45, 7) is 0. The van der Waals surface area contributed by atoms with E-state index in [1.165, 1.54) is 0 Å². The van der Waals surface area contributed by atoms with Crippen molar-refractivity contribution in [1.29, 1.82) is 0 Å². The van der Waals surface area contributed by atoms with E-state index in [1.807, 2.05) is 0 Å². The van der Waals surface area contributed by atoms with Crippen LogP contribution in [0.4, 0.5) is 5.00 Å². The molecule has 0 aliphatic rings. The molecule has 0 fully saturated rings. The van der Waals surface area contributed by atoms with Crippen molar-refractivity contribution in [2.24, 2.45) is 0 Å². The predicted octanol–water partition coefficient (Wildman–Crippen LogP) is 2.55. The van der Waals surface area contributed by atoms with Crippen LogP contribution in [0.15, 0.2) is 8.95 Å². The number of carboxylic acid groups (broad SMARTS) is 1. The lowest BCUT2D eigenvalue weighted by Crippen LogP contribution is -1.91. The van der Waals surface area contributed by atoms with Gasteiger partial charge in [-0.05, 0) is 31.9 Å². The van der Waals surface area contributed by atoms with Crippen molar-refractivity contribution in [3.8, 4) is 0 Å². The van der Waals surface area contributed by atoms with Crippen molar-refractivity contribution >= 4 is 54.2 Å². The van der Waals surface area contributed by atoms with Crippen LogP contribution in [0.3, 0.4) is 0 Å². The molecule has 0 aliphatic carbocycles. The van der Waals surface area contributed by atoms with E-state index in [0.29, 0.717) is 13.9 Å². The minimum atomic E-state index is -0.973. The van der Waals surface area contributed by atoms with Gasteiger partial charge < -0.3 is 10.8 Å². The molecule has 0 amide bonds. The summed E-state index contributed by atoms with van der Waals surface area (Å²) in [5.74, 6) is -0.973. The molecule has 1 aromatic heterocycles. The number of hydrogen-bond donors (Lipinski definition) is 2. The zero-order valence-electron chi connectivity index (χ0n) is 5.10. The first-order valence-corrected chi connectivity index (χ1v) is 4.91. The van der Waals surface area contributed by atoms with Crippen LogP contribution < -0.4 is 5.73 Å². The van der Waals surface area contributed by atoms with E-state index in [-0.39, 0.29) is 4.88 Å². The van der Waals surface area contributed by atoms with Crippen LogP contribution in [0.1, 0.15) is 9.67 Å². The van der Waals surface area contributed by atoms with Crippen LogP contribution in [0.5, 0.6) is 0 Å². The minimum Gasteiger partial charge on any atom is -0.477 e. The second kappa shape index (κ2) is 3.12. The van der Waals surface area contributed by atoms with Gasteiger partial charge in [0, 0.05) is 0 Å². The number of halogens is 2. The number of carboxylic acids is 1. The van der Waals surface area contributed by atoms with Gasteiger partial charge in [0.2, 0.25) is 0 Å². The lowest BCUT2D eigenvalue weighted by molar-refractivity contribution is 0.0701.